The number of aryl methyl sites for hydroxylation is 1. The summed E-state index contributed by atoms with van der Waals surface area (Å²) in [6.07, 6.45) is 6.49. The molecular formula is C25H28N2O4. The number of carbonyl (C=O) groups excluding carboxylic acids is 2. The van der Waals surface area contributed by atoms with Crippen molar-refractivity contribution in [3.05, 3.63) is 59.3 Å². The van der Waals surface area contributed by atoms with Crippen molar-refractivity contribution >= 4 is 28.5 Å². The lowest BCUT2D eigenvalue weighted by molar-refractivity contribution is 0.101. The van der Waals surface area contributed by atoms with Crippen molar-refractivity contribution < 1.29 is 19.1 Å². The third-order valence-corrected chi connectivity index (χ3v) is 5.97. The third kappa shape index (κ3) is 4.58. The maximum atomic E-state index is 12.3. The van der Waals surface area contributed by atoms with Gasteiger partial charge in [0.05, 0.1) is 7.11 Å². The van der Waals surface area contributed by atoms with E-state index in [9.17, 15) is 9.59 Å². The van der Waals surface area contributed by atoms with Gasteiger partial charge in [0.2, 0.25) is 0 Å². The van der Waals surface area contributed by atoms with Crippen LogP contribution in [0.15, 0.2) is 42.6 Å². The fourth-order valence-electron chi connectivity index (χ4n) is 4.31. The Morgan fingerprint density at radius 1 is 1.10 bits per heavy atom. The largest absolute Gasteiger partial charge is 0.496 e. The Morgan fingerprint density at radius 2 is 1.87 bits per heavy atom. The second-order valence-electron chi connectivity index (χ2n) is 8.19. The zero-order valence-electron chi connectivity index (χ0n) is 18.2. The molecule has 162 valence electrons. The molecule has 6 nitrogen and oxygen atoms in total. The van der Waals surface area contributed by atoms with E-state index in [1.165, 1.54) is 0 Å². The van der Waals surface area contributed by atoms with E-state index in [4.69, 9.17) is 9.47 Å². The van der Waals surface area contributed by atoms with Gasteiger partial charge < -0.3 is 14.0 Å². The monoisotopic (exact) mass is 420 g/mol. The molecule has 1 amide bonds. The predicted molar refractivity (Wildman–Crippen MR) is 121 cm³/mol. The molecule has 1 aromatic heterocycles. The Hall–Kier alpha value is -3.28. The summed E-state index contributed by atoms with van der Waals surface area (Å²) in [6, 6.07) is 11.4. The lowest BCUT2D eigenvalue weighted by atomic mass is 10.0. The van der Waals surface area contributed by atoms with Crippen molar-refractivity contribution in [3.8, 4) is 5.75 Å². The normalized spacial score (nSPS) is 14.0. The molecule has 1 fully saturated rings. The Kier molecular flexibility index (Phi) is 5.98. The fraction of sp³-hybridized carbons (Fsp3) is 0.360. The molecule has 1 aliphatic rings. The first kappa shape index (κ1) is 21.0. The molecule has 0 bridgehead atoms. The van der Waals surface area contributed by atoms with Crippen LogP contribution in [0.2, 0.25) is 0 Å². The number of amides is 1. The van der Waals surface area contributed by atoms with Crippen LogP contribution in [0, 0.1) is 0 Å². The summed E-state index contributed by atoms with van der Waals surface area (Å²) in [7, 11) is 3.62. The number of ether oxygens (including phenoxy) is 2. The van der Waals surface area contributed by atoms with Crippen molar-refractivity contribution in [2.45, 2.75) is 45.1 Å². The number of carbonyl (C=O) groups is 2. The minimum atomic E-state index is -0.398. The van der Waals surface area contributed by atoms with Crippen molar-refractivity contribution in [2.24, 2.45) is 7.05 Å². The van der Waals surface area contributed by atoms with Gasteiger partial charge in [-0.3, -0.25) is 10.1 Å². The molecule has 0 spiro atoms. The van der Waals surface area contributed by atoms with E-state index in [1.807, 2.05) is 37.4 Å². The van der Waals surface area contributed by atoms with Crippen molar-refractivity contribution in [1.29, 1.82) is 0 Å². The summed E-state index contributed by atoms with van der Waals surface area (Å²) in [6.45, 7) is 1.55. The SMILES string of the molecule is COc1cc(C(C)=O)ccc1Cc1cn(C)c2ccc(NC(=O)OC3CCCC3)cc12. The average Bonchev–Trinajstić information content (AvgIpc) is 3.36. The summed E-state index contributed by atoms with van der Waals surface area (Å²) in [5, 5.41) is 3.93. The Bertz CT molecular complexity index is 1130. The second kappa shape index (κ2) is 8.84. The summed E-state index contributed by atoms with van der Waals surface area (Å²) in [4.78, 5) is 24.0. The van der Waals surface area contributed by atoms with Gasteiger partial charge in [-0.2, -0.15) is 0 Å². The van der Waals surface area contributed by atoms with E-state index in [0.29, 0.717) is 23.4 Å². The first-order valence-corrected chi connectivity index (χ1v) is 10.7. The van der Waals surface area contributed by atoms with Crippen molar-refractivity contribution in [2.75, 3.05) is 12.4 Å². The number of nitrogens with zero attached hydrogens (tertiary/aromatic N) is 1. The Morgan fingerprint density at radius 3 is 2.58 bits per heavy atom. The van der Waals surface area contributed by atoms with Gasteiger partial charge >= 0.3 is 6.09 Å². The lowest BCUT2D eigenvalue weighted by Crippen LogP contribution is -2.20. The van der Waals surface area contributed by atoms with Crippen LogP contribution in [0.1, 0.15) is 54.1 Å². The minimum Gasteiger partial charge on any atom is -0.496 e. The highest BCUT2D eigenvalue weighted by Crippen LogP contribution is 2.30. The highest BCUT2D eigenvalue weighted by atomic mass is 16.6. The number of rotatable bonds is 6. The van der Waals surface area contributed by atoms with Crippen molar-refractivity contribution in [1.82, 2.24) is 4.57 Å². The van der Waals surface area contributed by atoms with Crippen molar-refractivity contribution in [3.63, 3.8) is 0 Å². The Labute approximate surface area is 182 Å². The van der Waals surface area contributed by atoms with Gasteiger partial charge in [-0.05, 0) is 68.0 Å². The molecule has 0 atom stereocenters. The van der Waals surface area contributed by atoms with E-state index >= 15 is 0 Å². The van der Waals surface area contributed by atoms with Gasteiger partial charge in [0.1, 0.15) is 11.9 Å². The van der Waals surface area contributed by atoms with Gasteiger partial charge in [-0.25, -0.2) is 4.79 Å². The van der Waals surface area contributed by atoms with E-state index in [2.05, 4.69) is 16.1 Å². The van der Waals surface area contributed by atoms with Crippen LogP contribution in [-0.4, -0.2) is 29.7 Å². The number of methoxy groups -OCH3 is 1. The van der Waals surface area contributed by atoms with Crippen LogP contribution in [0.25, 0.3) is 10.9 Å². The molecule has 31 heavy (non-hydrogen) atoms. The number of nitrogens with one attached hydrogen (secondary N) is 1. The van der Waals surface area contributed by atoms with Gasteiger partial charge in [0, 0.05) is 41.8 Å². The highest BCUT2D eigenvalue weighted by Gasteiger charge is 2.19. The molecular weight excluding hydrogens is 392 g/mol. The number of hydrogen-bond donors (Lipinski definition) is 1. The molecule has 1 aliphatic carbocycles. The highest BCUT2D eigenvalue weighted by molar-refractivity contribution is 5.95. The van der Waals surface area contributed by atoms with Crippen LogP contribution < -0.4 is 10.1 Å². The van der Waals surface area contributed by atoms with Gasteiger partial charge in [-0.1, -0.05) is 12.1 Å². The zero-order chi connectivity index (χ0) is 22.0. The molecule has 2 aromatic carbocycles. The van der Waals surface area contributed by atoms with E-state index in [0.717, 1.165) is 47.7 Å². The first-order valence-electron chi connectivity index (χ1n) is 10.7. The molecule has 4 rings (SSSR count). The molecule has 0 radical (unpaired) electrons. The van der Waals surface area contributed by atoms with Crippen LogP contribution in [0.3, 0.4) is 0 Å². The summed E-state index contributed by atoms with van der Waals surface area (Å²) in [5.41, 5.74) is 4.52. The number of fused-ring (bicyclic) bond motifs is 1. The summed E-state index contributed by atoms with van der Waals surface area (Å²) < 4.78 is 13.1. The molecule has 0 saturated heterocycles. The van der Waals surface area contributed by atoms with Gasteiger partial charge in [-0.15, -0.1) is 0 Å². The van der Waals surface area contributed by atoms with Gasteiger partial charge in [0.25, 0.3) is 0 Å². The quantitative estimate of drug-likeness (QED) is 0.537. The minimum absolute atomic E-state index is 0.00946. The molecule has 1 saturated carbocycles. The second-order valence-corrected chi connectivity index (χ2v) is 8.19. The topological polar surface area (TPSA) is 69.6 Å². The van der Waals surface area contributed by atoms with Crippen LogP contribution in [0.5, 0.6) is 5.75 Å². The number of hydrogen-bond acceptors (Lipinski definition) is 4. The molecule has 1 N–H and O–H groups in total. The molecule has 1 heterocycles. The maximum Gasteiger partial charge on any atom is 0.411 e. The lowest BCUT2D eigenvalue weighted by Gasteiger charge is -2.12. The molecule has 3 aromatic rings. The molecule has 0 unspecified atom stereocenters. The number of ketones is 1. The molecule has 0 aliphatic heterocycles. The number of benzene rings is 2. The molecule has 6 heteroatoms. The number of aromatic nitrogens is 1. The van der Waals surface area contributed by atoms with E-state index in [-0.39, 0.29) is 11.9 Å². The first-order chi connectivity index (χ1) is 14.9. The van der Waals surface area contributed by atoms with Gasteiger partial charge in [0.15, 0.2) is 5.78 Å². The number of anilines is 1. The maximum absolute atomic E-state index is 12.3. The average molecular weight is 421 g/mol. The van der Waals surface area contributed by atoms with Crippen LogP contribution in [-0.2, 0) is 18.2 Å². The number of Topliss-reactive ketones (excluding diaryl/α,β-unsaturated/α-hetero) is 1. The fourth-order valence-corrected chi connectivity index (χ4v) is 4.31. The van der Waals surface area contributed by atoms with Crippen LogP contribution in [0.4, 0.5) is 10.5 Å². The van der Waals surface area contributed by atoms with E-state index in [1.54, 1.807) is 20.1 Å². The summed E-state index contributed by atoms with van der Waals surface area (Å²) in [5.74, 6) is 0.703. The third-order valence-electron chi connectivity index (χ3n) is 5.97. The van der Waals surface area contributed by atoms with E-state index < -0.39 is 6.09 Å². The Balaban J connectivity index is 1.59. The predicted octanol–water partition coefficient (Wildman–Crippen LogP) is 5.47. The summed E-state index contributed by atoms with van der Waals surface area (Å²) >= 11 is 0. The van der Waals surface area contributed by atoms with Crippen LogP contribution >= 0.6 is 0 Å². The zero-order valence-corrected chi connectivity index (χ0v) is 18.2. The standard InChI is InChI=1S/C25H28N2O4/c1-16(28)17-8-9-18(24(13-17)30-3)12-19-15-27(2)23-11-10-20(14-22(19)23)26-25(29)31-21-6-4-5-7-21/h8-11,13-15,21H,4-7,12H2,1-3H3,(H,26,29). The smallest absolute Gasteiger partial charge is 0.411 e.